The highest BCUT2D eigenvalue weighted by Crippen LogP contribution is 2.09. The molecule has 0 aromatic rings. The number of methoxy groups -OCH3 is 1. The fraction of sp³-hybridized carbons (Fsp3) is 0.833. The van der Waals surface area contributed by atoms with Crippen LogP contribution in [0.2, 0.25) is 0 Å². The van der Waals surface area contributed by atoms with Crippen molar-refractivity contribution >= 4 is 11.9 Å². The lowest BCUT2D eigenvalue weighted by Crippen LogP contribution is -2.52. The van der Waals surface area contributed by atoms with Crippen LogP contribution >= 0.6 is 0 Å². The van der Waals surface area contributed by atoms with Crippen molar-refractivity contribution < 1.29 is 14.3 Å². The lowest BCUT2D eigenvalue weighted by Gasteiger charge is -2.30. The summed E-state index contributed by atoms with van der Waals surface area (Å²) in [6, 6.07) is -0.840. The number of carbonyl (C=O) groups excluding carboxylic acids is 2. The molecule has 0 aromatic heterocycles. The first-order valence-electron chi connectivity index (χ1n) is 6.61. The number of ether oxygens (including phenoxy) is 1. The molecule has 0 bridgehead atoms. The molecule has 1 aliphatic rings. The molecule has 0 spiro atoms. The Labute approximate surface area is 113 Å². The number of urea groups is 1. The molecule has 4 N–H and O–H groups in total. The smallest absolute Gasteiger partial charge is 0.318 e. The van der Waals surface area contributed by atoms with Crippen LogP contribution in [0, 0.1) is 0 Å². The third-order valence-electron chi connectivity index (χ3n) is 3.37. The molecule has 0 saturated carbocycles. The van der Waals surface area contributed by atoms with Gasteiger partial charge in [0.2, 0.25) is 5.91 Å². The molecule has 7 heteroatoms. The molecule has 1 aliphatic heterocycles. The van der Waals surface area contributed by atoms with E-state index in [4.69, 9.17) is 10.5 Å². The number of carbonyl (C=O) groups is 2. The van der Waals surface area contributed by atoms with Crippen LogP contribution in [0.3, 0.4) is 0 Å². The third kappa shape index (κ3) is 5.54. The number of hydrogen-bond acceptors (Lipinski definition) is 5. The summed E-state index contributed by atoms with van der Waals surface area (Å²) in [5.74, 6) is -0.374. The van der Waals surface area contributed by atoms with E-state index in [0.717, 1.165) is 25.9 Å². The highest BCUT2D eigenvalue weighted by molar-refractivity contribution is 5.96. The van der Waals surface area contributed by atoms with Crippen LogP contribution in [-0.2, 0) is 9.53 Å². The highest BCUT2D eigenvalue weighted by atomic mass is 16.5. The molecule has 3 amide bonds. The van der Waals surface area contributed by atoms with E-state index in [-0.39, 0.29) is 5.91 Å². The molecular formula is C12H24N4O3. The van der Waals surface area contributed by atoms with Gasteiger partial charge in [-0.15, -0.1) is 0 Å². The molecule has 0 aliphatic carbocycles. The van der Waals surface area contributed by atoms with Gasteiger partial charge in [0.1, 0.15) is 0 Å². The zero-order valence-electron chi connectivity index (χ0n) is 11.6. The van der Waals surface area contributed by atoms with Gasteiger partial charge < -0.3 is 15.8 Å². The minimum absolute atomic E-state index is 0.374. The summed E-state index contributed by atoms with van der Waals surface area (Å²) in [5.41, 5.74) is 4.97. The molecule has 1 saturated heterocycles. The Morgan fingerprint density at radius 2 is 2.32 bits per heavy atom. The fourth-order valence-corrected chi connectivity index (χ4v) is 2.24. The molecule has 1 heterocycles. The number of primary amides is 1. The van der Waals surface area contributed by atoms with Gasteiger partial charge in [-0.3, -0.25) is 15.0 Å². The van der Waals surface area contributed by atoms with E-state index >= 15 is 0 Å². The van der Waals surface area contributed by atoms with Crippen molar-refractivity contribution in [3.05, 3.63) is 0 Å². The van der Waals surface area contributed by atoms with E-state index in [1.807, 2.05) is 4.90 Å². The molecule has 2 atom stereocenters. The summed E-state index contributed by atoms with van der Waals surface area (Å²) in [4.78, 5) is 24.6. The molecule has 1 fully saturated rings. The zero-order chi connectivity index (χ0) is 14.3. The molecule has 1 rings (SSSR count). The monoisotopic (exact) mass is 272 g/mol. The second-order valence-electron chi connectivity index (χ2n) is 4.81. The van der Waals surface area contributed by atoms with E-state index in [1.165, 1.54) is 0 Å². The summed E-state index contributed by atoms with van der Waals surface area (Å²) in [5, 5.41) is 5.51. The van der Waals surface area contributed by atoms with Gasteiger partial charge in [0.05, 0.1) is 12.6 Å². The average Bonchev–Trinajstić information content (AvgIpc) is 2.85. The summed E-state index contributed by atoms with van der Waals surface area (Å²) >= 11 is 0. The second-order valence-corrected chi connectivity index (χ2v) is 4.81. The first kappa shape index (κ1) is 15.9. The number of hydrogen-bond donors (Lipinski definition) is 3. The van der Waals surface area contributed by atoms with E-state index in [0.29, 0.717) is 19.2 Å². The molecule has 2 unspecified atom stereocenters. The normalized spacial score (nSPS) is 20.5. The largest absolute Gasteiger partial charge is 0.383 e. The quantitative estimate of drug-likeness (QED) is 0.568. The van der Waals surface area contributed by atoms with Crippen LogP contribution in [0.5, 0.6) is 0 Å². The lowest BCUT2D eigenvalue weighted by atomic mass is 10.1. The third-order valence-corrected chi connectivity index (χ3v) is 3.37. The molecule has 19 heavy (non-hydrogen) atoms. The van der Waals surface area contributed by atoms with Gasteiger partial charge in [-0.1, -0.05) is 0 Å². The molecular weight excluding hydrogens is 248 g/mol. The first-order valence-corrected chi connectivity index (χ1v) is 6.61. The number of imide groups is 1. The van der Waals surface area contributed by atoms with Crippen LogP contribution in [0.15, 0.2) is 0 Å². The highest BCUT2D eigenvalue weighted by Gasteiger charge is 2.25. The SMILES string of the molecule is COCCN(CC1CCCN1)C(C)C(=O)NC(N)=O. The van der Waals surface area contributed by atoms with Gasteiger partial charge >= 0.3 is 6.03 Å². The Morgan fingerprint density at radius 1 is 1.58 bits per heavy atom. The Morgan fingerprint density at radius 3 is 2.84 bits per heavy atom. The van der Waals surface area contributed by atoms with Crippen LogP contribution < -0.4 is 16.4 Å². The summed E-state index contributed by atoms with van der Waals surface area (Å²) in [7, 11) is 1.63. The second kappa shape index (κ2) is 8.08. The Kier molecular flexibility index (Phi) is 6.75. The fourth-order valence-electron chi connectivity index (χ4n) is 2.24. The molecule has 110 valence electrons. The van der Waals surface area contributed by atoms with Crippen molar-refractivity contribution in [3.63, 3.8) is 0 Å². The summed E-state index contributed by atoms with van der Waals surface area (Å²) < 4.78 is 5.06. The minimum atomic E-state index is -0.817. The van der Waals surface area contributed by atoms with Crippen LogP contribution in [-0.4, -0.2) is 62.3 Å². The van der Waals surface area contributed by atoms with Crippen molar-refractivity contribution in [1.82, 2.24) is 15.5 Å². The minimum Gasteiger partial charge on any atom is -0.383 e. The van der Waals surface area contributed by atoms with Crippen molar-refractivity contribution in [1.29, 1.82) is 0 Å². The maximum absolute atomic E-state index is 11.8. The maximum atomic E-state index is 11.8. The number of amides is 3. The predicted octanol–water partition coefficient (Wildman–Crippen LogP) is -0.730. The van der Waals surface area contributed by atoms with Crippen molar-refractivity contribution in [3.8, 4) is 0 Å². The first-order chi connectivity index (χ1) is 9.04. The van der Waals surface area contributed by atoms with Gasteiger partial charge in [-0.2, -0.15) is 0 Å². The number of nitrogens with one attached hydrogen (secondary N) is 2. The number of rotatable bonds is 7. The molecule has 7 nitrogen and oxygen atoms in total. The summed E-state index contributed by atoms with van der Waals surface area (Å²) in [6.07, 6.45) is 2.26. The summed E-state index contributed by atoms with van der Waals surface area (Å²) in [6.45, 7) is 4.73. The number of nitrogens with two attached hydrogens (primary N) is 1. The van der Waals surface area contributed by atoms with Crippen molar-refractivity contribution in [2.75, 3.05) is 33.4 Å². The van der Waals surface area contributed by atoms with Crippen LogP contribution in [0.25, 0.3) is 0 Å². The molecule has 0 aromatic carbocycles. The van der Waals surface area contributed by atoms with E-state index < -0.39 is 12.1 Å². The molecule has 0 radical (unpaired) electrons. The Hall–Kier alpha value is -1.18. The van der Waals surface area contributed by atoms with E-state index in [9.17, 15) is 9.59 Å². The van der Waals surface area contributed by atoms with Crippen LogP contribution in [0.1, 0.15) is 19.8 Å². The Bertz CT molecular complexity index is 305. The van der Waals surface area contributed by atoms with Crippen molar-refractivity contribution in [2.24, 2.45) is 5.73 Å². The van der Waals surface area contributed by atoms with Gasteiger partial charge in [-0.05, 0) is 26.3 Å². The van der Waals surface area contributed by atoms with Gasteiger partial charge in [0.25, 0.3) is 0 Å². The van der Waals surface area contributed by atoms with E-state index in [2.05, 4.69) is 10.6 Å². The zero-order valence-corrected chi connectivity index (χ0v) is 11.6. The standard InChI is InChI=1S/C12H24N4O3/c1-9(11(17)15-12(13)18)16(6-7-19-2)8-10-4-3-5-14-10/h9-10,14H,3-8H2,1-2H3,(H3,13,15,17,18). The maximum Gasteiger partial charge on any atom is 0.318 e. The predicted molar refractivity (Wildman–Crippen MR) is 71.7 cm³/mol. The van der Waals surface area contributed by atoms with Gasteiger partial charge in [-0.25, -0.2) is 4.79 Å². The van der Waals surface area contributed by atoms with E-state index in [1.54, 1.807) is 14.0 Å². The van der Waals surface area contributed by atoms with Gasteiger partial charge in [0, 0.05) is 26.2 Å². The lowest BCUT2D eigenvalue weighted by molar-refractivity contribution is -0.125. The topological polar surface area (TPSA) is 96.7 Å². The average molecular weight is 272 g/mol. The number of nitrogens with zero attached hydrogens (tertiary/aromatic N) is 1. The van der Waals surface area contributed by atoms with Gasteiger partial charge in [0.15, 0.2) is 0 Å². The Balaban J connectivity index is 2.54. The van der Waals surface area contributed by atoms with Crippen molar-refractivity contribution in [2.45, 2.75) is 31.8 Å². The van der Waals surface area contributed by atoms with Crippen LogP contribution in [0.4, 0.5) is 4.79 Å².